The molecule has 0 bridgehead atoms. The third-order valence-electron chi connectivity index (χ3n) is 4.34. The van der Waals surface area contributed by atoms with E-state index in [0.29, 0.717) is 6.04 Å². The first kappa shape index (κ1) is 14.2. The predicted molar refractivity (Wildman–Crippen MR) is 82.8 cm³/mol. The van der Waals surface area contributed by atoms with Crippen molar-refractivity contribution in [2.45, 2.75) is 52.5 Å². The molecule has 0 amide bonds. The highest BCUT2D eigenvalue weighted by Gasteiger charge is 2.21. The minimum Gasteiger partial charge on any atom is -0.381 e. The molecular weight excluding hydrogens is 234 g/mol. The van der Waals surface area contributed by atoms with Crippen LogP contribution in [0.3, 0.4) is 0 Å². The summed E-state index contributed by atoms with van der Waals surface area (Å²) in [4.78, 5) is 6.83. The summed E-state index contributed by atoms with van der Waals surface area (Å²) in [5.41, 5.74) is 1.15. The van der Waals surface area contributed by atoms with Crippen molar-refractivity contribution >= 4 is 11.5 Å². The van der Waals surface area contributed by atoms with Gasteiger partial charge in [-0.25, -0.2) is 4.98 Å². The Morgan fingerprint density at radius 3 is 2.47 bits per heavy atom. The molecule has 1 aromatic heterocycles. The van der Waals surface area contributed by atoms with Crippen LogP contribution in [-0.2, 0) is 0 Å². The average Bonchev–Trinajstić information content (AvgIpc) is 2.96. The van der Waals surface area contributed by atoms with Crippen molar-refractivity contribution in [1.29, 1.82) is 0 Å². The first-order chi connectivity index (χ1) is 9.24. The molecule has 0 spiro atoms. The van der Waals surface area contributed by atoms with Crippen molar-refractivity contribution in [3.63, 3.8) is 0 Å². The van der Waals surface area contributed by atoms with Gasteiger partial charge >= 0.3 is 0 Å². The van der Waals surface area contributed by atoms with Gasteiger partial charge < -0.3 is 10.2 Å². The van der Waals surface area contributed by atoms with Crippen LogP contribution in [0.5, 0.6) is 0 Å². The fraction of sp³-hybridized carbons (Fsp3) is 0.688. The Bertz CT molecular complexity index is 364. The van der Waals surface area contributed by atoms with Crippen molar-refractivity contribution < 1.29 is 0 Å². The first-order valence-electron chi connectivity index (χ1n) is 7.72. The summed E-state index contributed by atoms with van der Waals surface area (Å²) in [5, 5.41) is 3.60. The van der Waals surface area contributed by atoms with Crippen molar-refractivity contribution in [1.82, 2.24) is 4.98 Å². The molecule has 1 N–H and O–H groups in total. The zero-order chi connectivity index (χ0) is 13.7. The molecule has 0 radical (unpaired) electrons. The summed E-state index contributed by atoms with van der Waals surface area (Å²) >= 11 is 0. The van der Waals surface area contributed by atoms with Crippen LogP contribution < -0.4 is 10.2 Å². The predicted octanol–water partition coefficient (Wildman–Crippen LogP) is 3.92. The molecule has 0 aromatic carbocycles. The Balaban J connectivity index is 1.94. The molecule has 3 heteroatoms. The number of aromatic nitrogens is 1. The van der Waals surface area contributed by atoms with Crippen LogP contribution in [0.4, 0.5) is 11.5 Å². The van der Waals surface area contributed by atoms with Crippen molar-refractivity contribution in [3.05, 3.63) is 18.3 Å². The van der Waals surface area contributed by atoms with Crippen LogP contribution in [0, 0.1) is 5.92 Å². The highest BCUT2D eigenvalue weighted by molar-refractivity contribution is 5.49. The minimum atomic E-state index is 0.559. The smallest absolute Gasteiger partial charge is 0.128 e. The minimum absolute atomic E-state index is 0.559. The van der Waals surface area contributed by atoms with Crippen molar-refractivity contribution in [2.75, 3.05) is 23.3 Å². The lowest BCUT2D eigenvalue weighted by Crippen LogP contribution is -2.25. The lowest BCUT2D eigenvalue weighted by Gasteiger charge is -2.23. The fourth-order valence-electron chi connectivity index (χ4n) is 3.04. The molecule has 2 rings (SSSR count). The second kappa shape index (κ2) is 6.78. The summed E-state index contributed by atoms with van der Waals surface area (Å²) in [6.45, 7) is 8.65. The molecule has 106 valence electrons. The van der Waals surface area contributed by atoms with Crippen LogP contribution in [0.1, 0.15) is 46.5 Å². The Kier molecular flexibility index (Phi) is 5.06. The number of nitrogens with one attached hydrogen (secondary N) is 1. The molecule has 1 aliphatic carbocycles. The fourth-order valence-corrected chi connectivity index (χ4v) is 3.04. The largest absolute Gasteiger partial charge is 0.381 e. The van der Waals surface area contributed by atoms with Crippen LogP contribution >= 0.6 is 0 Å². The van der Waals surface area contributed by atoms with E-state index < -0.39 is 0 Å². The van der Waals surface area contributed by atoms with Gasteiger partial charge in [0.25, 0.3) is 0 Å². The molecule has 1 fully saturated rings. The van der Waals surface area contributed by atoms with Crippen LogP contribution in [0.15, 0.2) is 18.3 Å². The van der Waals surface area contributed by atoms with Crippen molar-refractivity contribution in [2.24, 2.45) is 5.92 Å². The maximum absolute atomic E-state index is 4.56. The zero-order valence-corrected chi connectivity index (χ0v) is 12.5. The molecular formula is C16H27N3. The maximum atomic E-state index is 4.56. The standard InChI is InChI=1S/C16H27N3/c1-4-19(5-2)16-11-10-15(12-17-16)18-13(3)14-8-6-7-9-14/h10-14,18H,4-9H2,1-3H3. The Hall–Kier alpha value is -1.25. The number of hydrogen-bond acceptors (Lipinski definition) is 3. The molecule has 1 aromatic rings. The SMILES string of the molecule is CCN(CC)c1ccc(NC(C)C2CCCC2)cn1. The third kappa shape index (κ3) is 3.62. The van der Waals surface area contributed by atoms with E-state index in [9.17, 15) is 0 Å². The van der Waals surface area contributed by atoms with E-state index >= 15 is 0 Å². The van der Waals surface area contributed by atoms with E-state index in [1.54, 1.807) is 0 Å². The van der Waals surface area contributed by atoms with Crippen molar-refractivity contribution in [3.8, 4) is 0 Å². The summed E-state index contributed by atoms with van der Waals surface area (Å²) in [6.07, 6.45) is 7.52. The van der Waals surface area contributed by atoms with Gasteiger partial charge in [0.05, 0.1) is 11.9 Å². The number of nitrogens with zero attached hydrogens (tertiary/aromatic N) is 2. The number of hydrogen-bond donors (Lipinski definition) is 1. The first-order valence-corrected chi connectivity index (χ1v) is 7.72. The maximum Gasteiger partial charge on any atom is 0.128 e. The lowest BCUT2D eigenvalue weighted by atomic mass is 10.00. The quantitative estimate of drug-likeness (QED) is 0.841. The van der Waals surface area contributed by atoms with E-state index in [1.165, 1.54) is 25.7 Å². The molecule has 1 heterocycles. The second-order valence-corrected chi connectivity index (χ2v) is 5.55. The van der Waals surface area contributed by atoms with E-state index in [0.717, 1.165) is 30.5 Å². The Labute approximate surface area is 117 Å². The molecule has 0 aliphatic heterocycles. The van der Waals surface area contributed by atoms with Gasteiger partial charge in [-0.3, -0.25) is 0 Å². The van der Waals surface area contributed by atoms with E-state index in [2.05, 4.69) is 48.1 Å². The van der Waals surface area contributed by atoms with E-state index in [1.807, 2.05) is 6.20 Å². The molecule has 1 atom stereocenters. The van der Waals surface area contributed by atoms with E-state index in [-0.39, 0.29) is 0 Å². The van der Waals surface area contributed by atoms with E-state index in [4.69, 9.17) is 0 Å². The Morgan fingerprint density at radius 2 is 1.95 bits per heavy atom. The van der Waals surface area contributed by atoms with Gasteiger partial charge in [0.1, 0.15) is 5.82 Å². The molecule has 3 nitrogen and oxygen atoms in total. The van der Waals surface area contributed by atoms with Gasteiger partial charge in [0.2, 0.25) is 0 Å². The van der Waals surface area contributed by atoms with Gasteiger partial charge in [-0.05, 0) is 51.7 Å². The summed E-state index contributed by atoms with van der Waals surface area (Å²) in [5.74, 6) is 1.91. The van der Waals surface area contributed by atoms with Gasteiger partial charge in [0.15, 0.2) is 0 Å². The molecule has 0 saturated heterocycles. The third-order valence-corrected chi connectivity index (χ3v) is 4.34. The highest BCUT2D eigenvalue weighted by atomic mass is 15.2. The number of rotatable bonds is 6. The van der Waals surface area contributed by atoms with Gasteiger partial charge in [-0.2, -0.15) is 0 Å². The van der Waals surface area contributed by atoms with Crippen LogP contribution in [0.2, 0.25) is 0 Å². The number of pyridine rings is 1. The van der Waals surface area contributed by atoms with Gasteiger partial charge in [0, 0.05) is 19.1 Å². The van der Waals surface area contributed by atoms with Crippen LogP contribution in [-0.4, -0.2) is 24.1 Å². The monoisotopic (exact) mass is 261 g/mol. The summed E-state index contributed by atoms with van der Waals surface area (Å²) in [6, 6.07) is 4.84. The summed E-state index contributed by atoms with van der Waals surface area (Å²) in [7, 11) is 0. The molecule has 1 aliphatic rings. The molecule has 1 saturated carbocycles. The normalized spacial score (nSPS) is 17.4. The number of anilines is 2. The molecule has 19 heavy (non-hydrogen) atoms. The molecule has 1 unspecified atom stereocenters. The topological polar surface area (TPSA) is 28.2 Å². The average molecular weight is 261 g/mol. The summed E-state index contributed by atoms with van der Waals surface area (Å²) < 4.78 is 0. The van der Waals surface area contributed by atoms with Gasteiger partial charge in [-0.15, -0.1) is 0 Å². The van der Waals surface area contributed by atoms with Gasteiger partial charge in [-0.1, -0.05) is 12.8 Å². The lowest BCUT2D eigenvalue weighted by molar-refractivity contribution is 0.482. The Morgan fingerprint density at radius 1 is 1.26 bits per heavy atom. The second-order valence-electron chi connectivity index (χ2n) is 5.55. The zero-order valence-electron chi connectivity index (χ0n) is 12.5. The van der Waals surface area contributed by atoms with Crippen LogP contribution in [0.25, 0.3) is 0 Å². The highest BCUT2D eigenvalue weighted by Crippen LogP contribution is 2.29.